The summed E-state index contributed by atoms with van der Waals surface area (Å²) in [4.78, 5) is 17.1. The summed E-state index contributed by atoms with van der Waals surface area (Å²) in [6, 6.07) is 14.6. The number of amides is 1. The van der Waals surface area contributed by atoms with Crippen LogP contribution in [0.5, 0.6) is 23.0 Å². The standard InChI is InChI=1S/C24H24N4O5S/c1-28-22(26-23(29)13-33-20-8-6-5-7-18(20)30-2)12-16(27-28)24-25-17(14-34-24)15-9-10-19(31-3)21(11-15)32-4/h5-12,14H,13H2,1-4H3,(H,26,29). The highest BCUT2D eigenvalue weighted by molar-refractivity contribution is 7.13. The van der Waals surface area contributed by atoms with Crippen LogP contribution in [0, 0.1) is 0 Å². The van der Waals surface area contributed by atoms with Crippen molar-refractivity contribution >= 4 is 23.1 Å². The molecule has 0 atom stereocenters. The van der Waals surface area contributed by atoms with Gasteiger partial charge >= 0.3 is 0 Å². The molecule has 0 aliphatic rings. The Morgan fingerprint density at radius 2 is 1.65 bits per heavy atom. The number of ether oxygens (including phenoxy) is 4. The molecule has 0 saturated carbocycles. The van der Waals surface area contributed by atoms with E-state index in [1.165, 1.54) is 11.3 Å². The number of rotatable bonds is 9. The van der Waals surface area contributed by atoms with Crippen LogP contribution in [0.4, 0.5) is 5.82 Å². The van der Waals surface area contributed by atoms with Crippen molar-refractivity contribution < 1.29 is 23.7 Å². The minimum atomic E-state index is -0.314. The number of nitrogens with one attached hydrogen (secondary N) is 1. The number of methoxy groups -OCH3 is 3. The van der Waals surface area contributed by atoms with Crippen LogP contribution in [-0.4, -0.2) is 48.6 Å². The largest absolute Gasteiger partial charge is 0.493 e. The van der Waals surface area contributed by atoms with Gasteiger partial charge in [-0.25, -0.2) is 4.98 Å². The second kappa shape index (κ2) is 10.3. The molecule has 1 amide bonds. The number of aromatic nitrogens is 3. The lowest BCUT2D eigenvalue weighted by Gasteiger charge is -2.10. The van der Waals surface area contributed by atoms with Crippen molar-refractivity contribution in [3.8, 4) is 45.0 Å². The summed E-state index contributed by atoms with van der Waals surface area (Å²) in [6.07, 6.45) is 0. The molecule has 2 heterocycles. The van der Waals surface area contributed by atoms with Crippen LogP contribution in [0.15, 0.2) is 53.9 Å². The lowest BCUT2D eigenvalue weighted by molar-refractivity contribution is -0.118. The Balaban J connectivity index is 1.45. The van der Waals surface area contributed by atoms with Crippen molar-refractivity contribution in [1.82, 2.24) is 14.8 Å². The molecule has 0 fully saturated rings. The molecule has 4 aromatic rings. The summed E-state index contributed by atoms with van der Waals surface area (Å²) in [5.74, 6) is 2.56. The van der Waals surface area contributed by atoms with Crippen molar-refractivity contribution in [1.29, 1.82) is 0 Å². The molecule has 0 spiro atoms. The number of carbonyl (C=O) groups excluding carboxylic acids is 1. The number of nitrogens with zero attached hydrogens (tertiary/aromatic N) is 3. The molecule has 0 saturated heterocycles. The smallest absolute Gasteiger partial charge is 0.263 e. The lowest BCUT2D eigenvalue weighted by atomic mass is 10.1. The van der Waals surface area contributed by atoms with Gasteiger partial charge in [-0.05, 0) is 30.3 Å². The predicted octanol–water partition coefficient (Wildman–Crippen LogP) is 4.25. The lowest BCUT2D eigenvalue weighted by Crippen LogP contribution is -2.21. The number of anilines is 1. The third-order valence-corrected chi connectivity index (χ3v) is 5.84. The molecule has 10 heteroatoms. The second-order valence-corrected chi connectivity index (χ2v) is 7.99. The SMILES string of the molecule is COc1ccc(-c2csc(-c3cc(NC(=O)COc4ccccc4OC)n(C)n3)n2)cc1OC. The molecule has 176 valence electrons. The van der Waals surface area contributed by atoms with Crippen LogP contribution in [-0.2, 0) is 11.8 Å². The van der Waals surface area contributed by atoms with E-state index < -0.39 is 0 Å². The Labute approximate surface area is 200 Å². The fourth-order valence-corrected chi connectivity index (χ4v) is 4.05. The molecular weight excluding hydrogens is 456 g/mol. The van der Waals surface area contributed by atoms with Crippen molar-refractivity contribution in [2.24, 2.45) is 7.05 Å². The van der Waals surface area contributed by atoms with Crippen molar-refractivity contribution in [2.45, 2.75) is 0 Å². The molecule has 1 N–H and O–H groups in total. The maximum Gasteiger partial charge on any atom is 0.263 e. The monoisotopic (exact) mass is 480 g/mol. The highest BCUT2D eigenvalue weighted by Crippen LogP contribution is 2.34. The van der Waals surface area contributed by atoms with Gasteiger partial charge in [0.15, 0.2) is 29.6 Å². The molecule has 0 bridgehead atoms. The van der Waals surface area contributed by atoms with E-state index in [0.717, 1.165) is 16.3 Å². The Morgan fingerprint density at radius 3 is 2.38 bits per heavy atom. The van der Waals surface area contributed by atoms with Gasteiger partial charge in [0.25, 0.3) is 5.91 Å². The molecule has 2 aromatic heterocycles. The summed E-state index contributed by atoms with van der Waals surface area (Å²) >= 11 is 1.46. The Hall–Kier alpha value is -4.05. The first kappa shape index (κ1) is 23.1. The molecule has 0 aliphatic carbocycles. The first-order chi connectivity index (χ1) is 16.5. The van der Waals surface area contributed by atoms with Gasteiger partial charge in [0.05, 0.1) is 27.0 Å². The molecule has 4 rings (SSSR count). The third-order valence-electron chi connectivity index (χ3n) is 4.98. The van der Waals surface area contributed by atoms with Gasteiger partial charge in [-0.3, -0.25) is 9.48 Å². The summed E-state index contributed by atoms with van der Waals surface area (Å²) in [5.41, 5.74) is 2.35. The fourth-order valence-electron chi connectivity index (χ4n) is 3.27. The average molecular weight is 481 g/mol. The third kappa shape index (κ3) is 4.96. The summed E-state index contributed by atoms with van der Waals surface area (Å²) < 4.78 is 23.1. The minimum Gasteiger partial charge on any atom is -0.493 e. The Bertz CT molecular complexity index is 1300. The highest BCUT2D eigenvalue weighted by atomic mass is 32.1. The van der Waals surface area contributed by atoms with Gasteiger partial charge < -0.3 is 24.3 Å². The highest BCUT2D eigenvalue weighted by Gasteiger charge is 2.15. The van der Waals surface area contributed by atoms with E-state index >= 15 is 0 Å². The van der Waals surface area contributed by atoms with Crippen LogP contribution < -0.4 is 24.3 Å². The topological polar surface area (TPSA) is 96.7 Å². The van der Waals surface area contributed by atoms with E-state index in [4.69, 9.17) is 23.9 Å². The number of hydrogen-bond acceptors (Lipinski definition) is 8. The Kier molecular flexibility index (Phi) is 6.98. The van der Waals surface area contributed by atoms with Gasteiger partial charge in [0.1, 0.15) is 16.5 Å². The maximum atomic E-state index is 12.4. The molecule has 0 unspecified atom stereocenters. The zero-order valence-electron chi connectivity index (χ0n) is 19.2. The van der Waals surface area contributed by atoms with Crippen molar-refractivity contribution in [3.63, 3.8) is 0 Å². The molecule has 2 aromatic carbocycles. The fraction of sp³-hybridized carbons (Fsp3) is 0.208. The zero-order valence-corrected chi connectivity index (χ0v) is 20.0. The summed E-state index contributed by atoms with van der Waals surface area (Å²) in [5, 5.41) is 9.99. The number of hydrogen-bond donors (Lipinski definition) is 1. The average Bonchev–Trinajstić information content (AvgIpc) is 3.49. The van der Waals surface area contributed by atoms with E-state index in [9.17, 15) is 4.79 Å². The van der Waals surface area contributed by atoms with Crippen LogP contribution in [0.1, 0.15) is 0 Å². The molecule has 0 aliphatic heterocycles. The number of aryl methyl sites for hydroxylation is 1. The number of para-hydroxylation sites is 2. The normalized spacial score (nSPS) is 10.6. The van der Waals surface area contributed by atoms with Gasteiger partial charge in [0, 0.05) is 24.1 Å². The van der Waals surface area contributed by atoms with Crippen LogP contribution in [0.3, 0.4) is 0 Å². The van der Waals surface area contributed by atoms with Crippen LogP contribution >= 0.6 is 11.3 Å². The number of thiazole rings is 1. The van der Waals surface area contributed by atoms with Gasteiger partial charge in [-0.1, -0.05) is 12.1 Å². The van der Waals surface area contributed by atoms with E-state index in [2.05, 4.69) is 10.4 Å². The molecule has 34 heavy (non-hydrogen) atoms. The quantitative estimate of drug-likeness (QED) is 0.382. The van der Waals surface area contributed by atoms with Gasteiger partial charge in [-0.2, -0.15) is 5.10 Å². The summed E-state index contributed by atoms with van der Waals surface area (Å²) in [7, 11) is 6.50. The molecular formula is C24H24N4O5S. The van der Waals surface area contributed by atoms with E-state index in [0.29, 0.717) is 34.5 Å². The van der Waals surface area contributed by atoms with Crippen LogP contribution in [0.2, 0.25) is 0 Å². The first-order valence-electron chi connectivity index (χ1n) is 10.3. The zero-order chi connectivity index (χ0) is 24.1. The van der Waals surface area contributed by atoms with Crippen molar-refractivity contribution in [3.05, 3.63) is 53.9 Å². The molecule has 9 nitrogen and oxygen atoms in total. The van der Waals surface area contributed by atoms with Gasteiger partial charge in [0.2, 0.25) is 0 Å². The van der Waals surface area contributed by atoms with Gasteiger partial charge in [-0.15, -0.1) is 11.3 Å². The summed E-state index contributed by atoms with van der Waals surface area (Å²) in [6.45, 7) is -0.165. The minimum absolute atomic E-state index is 0.165. The second-order valence-electron chi connectivity index (χ2n) is 7.13. The molecule has 0 radical (unpaired) electrons. The maximum absolute atomic E-state index is 12.4. The van der Waals surface area contributed by atoms with E-state index in [-0.39, 0.29) is 12.5 Å². The first-order valence-corrected chi connectivity index (χ1v) is 11.2. The Morgan fingerprint density at radius 1 is 0.941 bits per heavy atom. The van der Waals surface area contributed by atoms with Crippen LogP contribution in [0.25, 0.3) is 22.0 Å². The number of carbonyl (C=O) groups is 1. The number of benzene rings is 2. The van der Waals surface area contributed by atoms with E-state index in [1.54, 1.807) is 51.3 Å². The predicted molar refractivity (Wildman–Crippen MR) is 130 cm³/mol. The van der Waals surface area contributed by atoms with Crippen molar-refractivity contribution in [2.75, 3.05) is 33.3 Å². The van der Waals surface area contributed by atoms with E-state index in [1.807, 2.05) is 35.7 Å².